The SMILES string of the molecule is CC1=C(C)C(=O)C(C(CCCNC(=O)c2ccccc2O)Cc2ccc(F)cc2)=C(C)C1=O. The lowest BCUT2D eigenvalue weighted by Crippen LogP contribution is -2.28. The van der Waals surface area contributed by atoms with Gasteiger partial charge in [0.1, 0.15) is 11.6 Å². The van der Waals surface area contributed by atoms with Crippen molar-refractivity contribution in [3.05, 3.63) is 87.8 Å². The van der Waals surface area contributed by atoms with E-state index in [1.165, 1.54) is 18.2 Å². The van der Waals surface area contributed by atoms with Crippen molar-refractivity contribution in [2.24, 2.45) is 5.92 Å². The maximum absolute atomic E-state index is 13.4. The van der Waals surface area contributed by atoms with Crippen LogP contribution in [0.15, 0.2) is 70.8 Å². The zero-order valence-electron chi connectivity index (χ0n) is 19.1. The quantitative estimate of drug-likeness (QED) is 0.452. The molecule has 1 aliphatic rings. The van der Waals surface area contributed by atoms with Gasteiger partial charge in [-0.25, -0.2) is 4.39 Å². The summed E-state index contributed by atoms with van der Waals surface area (Å²) in [6, 6.07) is 12.4. The molecule has 0 heterocycles. The minimum Gasteiger partial charge on any atom is -0.507 e. The topological polar surface area (TPSA) is 83.5 Å². The van der Waals surface area contributed by atoms with E-state index in [1.807, 2.05) is 0 Å². The van der Waals surface area contributed by atoms with Crippen molar-refractivity contribution in [3.63, 3.8) is 0 Å². The molecule has 0 saturated carbocycles. The zero-order chi connectivity index (χ0) is 24.1. The van der Waals surface area contributed by atoms with Gasteiger partial charge in [-0.3, -0.25) is 14.4 Å². The normalized spacial score (nSPS) is 15.2. The van der Waals surface area contributed by atoms with Crippen LogP contribution in [0.25, 0.3) is 0 Å². The average molecular weight is 450 g/mol. The second-order valence-electron chi connectivity index (χ2n) is 8.39. The van der Waals surface area contributed by atoms with Crippen LogP contribution in [0.3, 0.4) is 0 Å². The number of amides is 1. The van der Waals surface area contributed by atoms with E-state index in [9.17, 15) is 23.9 Å². The van der Waals surface area contributed by atoms with Gasteiger partial charge in [0.15, 0.2) is 11.6 Å². The van der Waals surface area contributed by atoms with Gasteiger partial charge in [0.25, 0.3) is 5.91 Å². The van der Waals surface area contributed by atoms with Crippen LogP contribution in [-0.4, -0.2) is 29.1 Å². The van der Waals surface area contributed by atoms with Gasteiger partial charge < -0.3 is 10.4 Å². The summed E-state index contributed by atoms with van der Waals surface area (Å²) in [6.45, 7) is 5.36. The number of aromatic hydroxyl groups is 1. The fourth-order valence-electron chi connectivity index (χ4n) is 4.17. The Morgan fingerprint density at radius 2 is 1.58 bits per heavy atom. The molecule has 0 saturated heterocycles. The minimum absolute atomic E-state index is 0.0890. The van der Waals surface area contributed by atoms with Gasteiger partial charge >= 0.3 is 0 Å². The summed E-state index contributed by atoms with van der Waals surface area (Å²) in [5, 5.41) is 12.6. The Balaban J connectivity index is 1.76. The molecule has 0 fully saturated rings. The van der Waals surface area contributed by atoms with Crippen LogP contribution in [0, 0.1) is 11.7 Å². The van der Waals surface area contributed by atoms with Crippen LogP contribution in [0.1, 0.15) is 49.5 Å². The van der Waals surface area contributed by atoms with Gasteiger partial charge in [0.2, 0.25) is 0 Å². The van der Waals surface area contributed by atoms with Crippen LogP contribution in [0.5, 0.6) is 5.75 Å². The lowest BCUT2D eigenvalue weighted by atomic mass is 9.76. The van der Waals surface area contributed by atoms with Crippen molar-refractivity contribution in [1.29, 1.82) is 0 Å². The molecule has 0 aliphatic heterocycles. The van der Waals surface area contributed by atoms with Crippen molar-refractivity contribution in [2.45, 2.75) is 40.0 Å². The summed E-state index contributed by atoms with van der Waals surface area (Å²) < 4.78 is 13.4. The summed E-state index contributed by atoms with van der Waals surface area (Å²) in [5.74, 6) is -1.31. The number of Topliss-reactive ketones (excluding diaryl/α,β-unsaturated/α-hetero) is 2. The Bertz CT molecular complexity index is 1140. The number of hydrogen-bond donors (Lipinski definition) is 2. The van der Waals surface area contributed by atoms with Gasteiger partial charge in [-0.15, -0.1) is 0 Å². The van der Waals surface area contributed by atoms with Crippen LogP contribution < -0.4 is 5.32 Å². The smallest absolute Gasteiger partial charge is 0.255 e. The Labute approximate surface area is 193 Å². The number of carbonyl (C=O) groups excluding carboxylic acids is 3. The molecule has 1 atom stereocenters. The molecule has 3 rings (SSSR count). The maximum Gasteiger partial charge on any atom is 0.255 e. The highest BCUT2D eigenvalue weighted by molar-refractivity contribution is 6.24. The van der Waals surface area contributed by atoms with E-state index in [2.05, 4.69) is 5.32 Å². The van der Waals surface area contributed by atoms with Crippen molar-refractivity contribution >= 4 is 17.5 Å². The monoisotopic (exact) mass is 449 g/mol. The van der Waals surface area contributed by atoms with E-state index in [1.54, 1.807) is 51.1 Å². The van der Waals surface area contributed by atoms with Crippen LogP contribution in [-0.2, 0) is 16.0 Å². The van der Waals surface area contributed by atoms with E-state index in [0.29, 0.717) is 48.1 Å². The molecule has 1 amide bonds. The number of ketones is 2. The first kappa shape index (κ1) is 24.1. The molecule has 2 N–H and O–H groups in total. The molecule has 0 radical (unpaired) electrons. The molecule has 0 aromatic heterocycles. The van der Waals surface area contributed by atoms with Crippen LogP contribution >= 0.6 is 0 Å². The summed E-state index contributed by atoms with van der Waals surface area (Å²) >= 11 is 0. The predicted molar refractivity (Wildman–Crippen MR) is 124 cm³/mol. The van der Waals surface area contributed by atoms with E-state index < -0.39 is 0 Å². The third-order valence-electron chi connectivity index (χ3n) is 6.20. The Morgan fingerprint density at radius 3 is 2.24 bits per heavy atom. The van der Waals surface area contributed by atoms with E-state index in [0.717, 1.165) is 5.56 Å². The molecular formula is C27H28FNO4. The number of benzene rings is 2. The first-order valence-corrected chi connectivity index (χ1v) is 11.0. The fraction of sp³-hybridized carbons (Fsp3) is 0.296. The summed E-state index contributed by atoms with van der Waals surface area (Å²) in [5.41, 5.74) is 2.94. The number of allylic oxidation sites excluding steroid dienone is 4. The standard InChI is InChI=1S/C27H28FNO4/c1-16-17(2)26(32)24(18(3)25(16)31)20(15-19-10-12-21(28)13-11-19)7-6-14-29-27(33)22-8-4-5-9-23(22)30/h4-5,8-13,20,30H,6-7,14-15H2,1-3H3,(H,29,33). The molecule has 1 aliphatic carbocycles. The minimum atomic E-state index is -0.378. The van der Waals surface area contributed by atoms with E-state index in [4.69, 9.17) is 0 Å². The van der Waals surface area contributed by atoms with Gasteiger partial charge in [-0.2, -0.15) is 0 Å². The Morgan fingerprint density at radius 1 is 0.939 bits per heavy atom. The number of para-hydroxylation sites is 1. The molecule has 0 spiro atoms. The highest BCUT2D eigenvalue weighted by Gasteiger charge is 2.32. The zero-order valence-corrected chi connectivity index (χ0v) is 19.1. The molecule has 172 valence electrons. The first-order chi connectivity index (χ1) is 15.7. The molecular weight excluding hydrogens is 421 g/mol. The number of rotatable bonds is 8. The number of hydrogen-bond acceptors (Lipinski definition) is 4. The predicted octanol–water partition coefficient (Wildman–Crippen LogP) is 4.70. The second kappa shape index (κ2) is 10.4. The molecule has 33 heavy (non-hydrogen) atoms. The Kier molecular flexibility index (Phi) is 7.59. The van der Waals surface area contributed by atoms with Gasteiger partial charge in [0.05, 0.1) is 5.56 Å². The van der Waals surface area contributed by atoms with E-state index in [-0.39, 0.29) is 40.5 Å². The average Bonchev–Trinajstić information content (AvgIpc) is 2.80. The van der Waals surface area contributed by atoms with Crippen molar-refractivity contribution in [1.82, 2.24) is 5.32 Å². The van der Waals surface area contributed by atoms with Crippen molar-refractivity contribution < 1.29 is 23.9 Å². The van der Waals surface area contributed by atoms with Crippen molar-refractivity contribution in [2.75, 3.05) is 6.54 Å². The van der Waals surface area contributed by atoms with Gasteiger partial charge in [0, 0.05) is 28.8 Å². The number of phenols is 1. The molecule has 5 nitrogen and oxygen atoms in total. The summed E-state index contributed by atoms with van der Waals surface area (Å²) in [4.78, 5) is 38.2. The molecule has 1 unspecified atom stereocenters. The largest absolute Gasteiger partial charge is 0.507 e. The summed E-state index contributed by atoms with van der Waals surface area (Å²) in [7, 11) is 0. The first-order valence-electron chi connectivity index (χ1n) is 11.0. The maximum atomic E-state index is 13.4. The summed E-state index contributed by atoms with van der Waals surface area (Å²) in [6.07, 6.45) is 1.59. The van der Waals surface area contributed by atoms with Crippen LogP contribution in [0.4, 0.5) is 4.39 Å². The molecule has 0 bridgehead atoms. The number of carbonyl (C=O) groups is 3. The van der Waals surface area contributed by atoms with Crippen molar-refractivity contribution in [3.8, 4) is 5.75 Å². The van der Waals surface area contributed by atoms with Gasteiger partial charge in [-0.05, 0) is 75.8 Å². The fourth-order valence-corrected chi connectivity index (χ4v) is 4.17. The second-order valence-corrected chi connectivity index (χ2v) is 8.39. The number of nitrogens with one attached hydrogen (secondary N) is 1. The lowest BCUT2D eigenvalue weighted by molar-refractivity contribution is -0.116. The van der Waals surface area contributed by atoms with E-state index >= 15 is 0 Å². The third-order valence-corrected chi connectivity index (χ3v) is 6.20. The Hall–Kier alpha value is -3.54. The number of phenolic OH excluding ortho intramolecular Hbond substituents is 1. The van der Waals surface area contributed by atoms with Gasteiger partial charge in [-0.1, -0.05) is 24.3 Å². The number of halogens is 1. The molecule has 2 aromatic carbocycles. The highest BCUT2D eigenvalue weighted by atomic mass is 19.1. The van der Waals surface area contributed by atoms with Crippen LogP contribution in [0.2, 0.25) is 0 Å². The molecule has 6 heteroatoms. The third kappa shape index (κ3) is 5.45. The lowest BCUT2D eigenvalue weighted by Gasteiger charge is -2.26. The highest BCUT2D eigenvalue weighted by Crippen LogP contribution is 2.33. The molecule has 2 aromatic rings.